The van der Waals surface area contributed by atoms with Gasteiger partial charge in [0.1, 0.15) is 5.75 Å². The van der Waals surface area contributed by atoms with Gasteiger partial charge in [-0.25, -0.2) is 0 Å². The molecule has 7 heteroatoms. The Hall–Kier alpha value is -2.93. The lowest BCUT2D eigenvalue weighted by Crippen LogP contribution is -2.42. The van der Waals surface area contributed by atoms with Crippen LogP contribution in [-0.2, 0) is 0 Å². The van der Waals surface area contributed by atoms with Crippen molar-refractivity contribution in [3.05, 3.63) is 42.7 Å². The van der Waals surface area contributed by atoms with Crippen LogP contribution in [0, 0.1) is 5.41 Å². The fourth-order valence-electron chi connectivity index (χ4n) is 4.48. The first kappa shape index (κ1) is 17.2. The molecule has 2 aliphatic rings. The van der Waals surface area contributed by atoms with Crippen LogP contribution >= 0.6 is 0 Å². The Labute approximate surface area is 163 Å². The third-order valence-corrected chi connectivity index (χ3v) is 6.08. The average Bonchev–Trinajstić information content (AvgIpc) is 3.40. The Bertz CT molecular complexity index is 948. The molecule has 0 saturated carbocycles. The van der Waals surface area contributed by atoms with Crippen molar-refractivity contribution in [1.29, 1.82) is 0 Å². The zero-order valence-electron chi connectivity index (χ0n) is 15.7. The van der Waals surface area contributed by atoms with Gasteiger partial charge in [0, 0.05) is 42.4 Å². The summed E-state index contributed by atoms with van der Waals surface area (Å²) in [5.41, 5.74) is 3.58. The second-order valence-corrected chi connectivity index (χ2v) is 7.95. The lowest BCUT2D eigenvalue weighted by atomic mass is 9.80. The number of nitrogens with zero attached hydrogens (tertiary/aromatic N) is 4. The van der Waals surface area contributed by atoms with Crippen LogP contribution in [0.15, 0.2) is 42.7 Å². The van der Waals surface area contributed by atoms with Crippen molar-refractivity contribution in [2.75, 3.05) is 31.1 Å². The number of phenolic OH excluding ortho intramolecular Hbond substituents is 1. The molecule has 0 aliphatic carbocycles. The SMILES string of the molecule is Oc1cc(-c2cn[nH]c2)ccc1-c1ccc(N2CCC3(CCCNC3)C2)nn1. The molecule has 3 N–H and O–H groups in total. The number of anilines is 1. The normalized spacial score (nSPS) is 22.1. The van der Waals surface area contributed by atoms with E-state index in [9.17, 15) is 5.11 Å². The number of aromatic hydroxyl groups is 1. The van der Waals surface area contributed by atoms with Gasteiger partial charge in [0.05, 0.1) is 11.9 Å². The Kier molecular flexibility index (Phi) is 4.24. The van der Waals surface area contributed by atoms with Crippen LogP contribution in [0.3, 0.4) is 0 Å². The molecule has 2 fully saturated rings. The molecule has 0 bridgehead atoms. The molecule has 4 heterocycles. The number of hydrogen-bond acceptors (Lipinski definition) is 6. The molecule has 2 aromatic heterocycles. The van der Waals surface area contributed by atoms with E-state index in [1.54, 1.807) is 18.5 Å². The van der Waals surface area contributed by atoms with E-state index in [1.165, 1.54) is 19.3 Å². The van der Waals surface area contributed by atoms with Crippen molar-refractivity contribution in [1.82, 2.24) is 25.7 Å². The molecule has 3 aromatic rings. The van der Waals surface area contributed by atoms with Gasteiger partial charge in [-0.05, 0) is 55.6 Å². The third kappa shape index (κ3) is 3.11. The van der Waals surface area contributed by atoms with Gasteiger partial charge in [0.15, 0.2) is 5.82 Å². The summed E-state index contributed by atoms with van der Waals surface area (Å²) < 4.78 is 0. The zero-order valence-corrected chi connectivity index (χ0v) is 15.7. The quantitative estimate of drug-likeness (QED) is 0.651. The first-order valence-electron chi connectivity index (χ1n) is 9.84. The number of aromatic amines is 1. The first-order chi connectivity index (χ1) is 13.7. The van der Waals surface area contributed by atoms with Crippen LogP contribution < -0.4 is 10.2 Å². The maximum Gasteiger partial charge on any atom is 0.151 e. The van der Waals surface area contributed by atoms with E-state index in [0.29, 0.717) is 16.7 Å². The summed E-state index contributed by atoms with van der Waals surface area (Å²) in [5, 5.41) is 29.6. The van der Waals surface area contributed by atoms with Gasteiger partial charge in [-0.15, -0.1) is 10.2 Å². The summed E-state index contributed by atoms with van der Waals surface area (Å²) in [7, 11) is 0. The fraction of sp³-hybridized carbons (Fsp3) is 0.381. The molecule has 7 nitrogen and oxygen atoms in total. The Balaban J connectivity index is 1.34. The second-order valence-electron chi connectivity index (χ2n) is 7.95. The molecule has 1 spiro atoms. The summed E-state index contributed by atoms with van der Waals surface area (Å²) in [6.45, 7) is 4.31. The minimum Gasteiger partial charge on any atom is -0.507 e. The predicted molar refractivity (Wildman–Crippen MR) is 108 cm³/mol. The van der Waals surface area contributed by atoms with Gasteiger partial charge in [-0.3, -0.25) is 5.10 Å². The monoisotopic (exact) mass is 376 g/mol. The highest BCUT2D eigenvalue weighted by molar-refractivity contribution is 5.73. The highest BCUT2D eigenvalue weighted by Crippen LogP contribution is 2.38. The average molecular weight is 376 g/mol. The molecule has 28 heavy (non-hydrogen) atoms. The molecule has 2 aliphatic heterocycles. The molecular weight excluding hydrogens is 352 g/mol. The number of nitrogens with one attached hydrogen (secondary N) is 2. The van der Waals surface area contributed by atoms with Crippen molar-refractivity contribution < 1.29 is 5.11 Å². The van der Waals surface area contributed by atoms with E-state index in [1.807, 2.05) is 24.3 Å². The molecular formula is C21H24N6O. The van der Waals surface area contributed by atoms with Crippen LogP contribution in [0.4, 0.5) is 5.82 Å². The number of rotatable bonds is 3. The highest BCUT2D eigenvalue weighted by atomic mass is 16.3. The van der Waals surface area contributed by atoms with Crippen molar-refractivity contribution in [2.24, 2.45) is 5.41 Å². The molecule has 0 amide bonds. The van der Waals surface area contributed by atoms with Crippen molar-refractivity contribution in [3.8, 4) is 28.1 Å². The third-order valence-electron chi connectivity index (χ3n) is 6.08. The topological polar surface area (TPSA) is 90.0 Å². The summed E-state index contributed by atoms with van der Waals surface area (Å²) in [6.07, 6.45) is 7.28. The van der Waals surface area contributed by atoms with Crippen molar-refractivity contribution in [2.45, 2.75) is 19.3 Å². The molecule has 0 radical (unpaired) electrons. The summed E-state index contributed by atoms with van der Waals surface area (Å²) in [5.74, 6) is 1.11. The van der Waals surface area contributed by atoms with E-state index in [2.05, 4.69) is 30.6 Å². The molecule has 2 saturated heterocycles. The molecule has 1 aromatic carbocycles. The standard InChI is InChI=1S/C21H24N6O/c28-19-10-15(16-11-23-24-12-16)2-3-17(19)18-4-5-20(26-25-18)27-9-7-21(14-27)6-1-8-22-13-21/h2-5,10-12,22,28H,1,6-9,13-14H2,(H,23,24). The number of phenols is 1. The van der Waals surface area contributed by atoms with Crippen LogP contribution in [0.1, 0.15) is 19.3 Å². The zero-order chi connectivity index (χ0) is 19.0. The molecule has 144 valence electrons. The summed E-state index contributed by atoms with van der Waals surface area (Å²) >= 11 is 0. The largest absolute Gasteiger partial charge is 0.507 e. The minimum atomic E-state index is 0.189. The molecule has 1 unspecified atom stereocenters. The fourth-order valence-corrected chi connectivity index (χ4v) is 4.48. The predicted octanol–water partition coefficient (Wildman–Crippen LogP) is 2.82. The van der Waals surface area contributed by atoms with Crippen LogP contribution in [0.2, 0.25) is 0 Å². The Morgan fingerprint density at radius 3 is 2.75 bits per heavy atom. The van der Waals surface area contributed by atoms with Crippen molar-refractivity contribution in [3.63, 3.8) is 0 Å². The summed E-state index contributed by atoms with van der Waals surface area (Å²) in [6, 6.07) is 9.52. The maximum absolute atomic E-state index is 10.5. The van der Waals surface area contributed by atoms with E-state index in [0.717, 1.165) is 43.1 Å². The van der Waals surface area contributed by atoms with Crippen LogP contribution in [0.5, 0.6) is 5.75 Å². The summed E-state index contributed by atoms with van der Waals surface area (Å²) in [4.78, 5) is 2.34. The van der Waals surface area contributed by atoms with E-state index < -0.39 is 0 Å². The van der Waals surface area contributed by atoms with Crippen molar-refractivity contribution >= 4 is 5.82 Å². The highest BCUT2D eigenvalue weighted by Gasteiger charge is 2.39. The maximum atomic E-state index is 10.5. The van der Waals surface area contributed by atoms with Gasteiger partial charge in [-0.2, -0.15) is 5.10 Å². The molecule has 5 rings (SSSR count). The van der Waals surface area contributed by atoms with Gasteiger partial charge < -0.3 is 15.3 Å². The van der Waals surface area contributed by atoms with Crippen LogP contribution in [0.25, 0.3) is 22.4 Å². The number of piperidine rings is 1. The van der Waals surface area contributed by atoms with Gasteiger partial charge in [0.25, 0.3) is 0 Å². The van der Waals surface area contributed by atoms with Crippen LogP contribution in [-0.4, -0.2) is 51.7 Å². The Morgan fingerprint density at radius 2 is 2.04 bits per heavy atom. The second kappa shape index (κ2) is 6.91. The van der Waals surface area contributed by atoms with Gasteiger partial charge in [-0.1, -0.05) is 6.07 Å². The number of hydrogen-bond donors (Lipinski definition) is 3. The van der Waals surface area contributed by atoms with Gasteiger partial charge in [0.2, 0.25) is 0 Å². The van der Waals surface area contributed by atoms with E-state index in [-0.39, 0.29) is 5.75 Å². The number of benzene rings is 1. The Morgan fingerprint density at radius 1 is 1.07 bits per heavy atom. The lowest BCUT2D eigenvalue weighted by molar-refractivity contribution is 0.239. The lowest BCUT2D eigenvalue weighted by Gasteiger charge is -2.33. The van der Waals surface area contributed by atoms with E-state index in [4.69, 9.17) is 0 Å². The molecule has 1 atom stereocenters. The first-order valence-corrected chi connectivity index (χ1v) is 9.84. The minimum absolute atomic E-state index is 0.189. The van der Waals surface area contributed by atoms with Gasteiger partial charge >= 0.3 is 0 Å². The smallest absolute Gasteiger partial charge is 0.151 e. The number of aromatic nitrogens is 4. The number of H-pyrrole nitrogens is 1. The van der Waals surface area contributed by atoms with E-state index >= 15 is 0 Å².